The molecule has 1 atom stereocenters. The summed E-state index contributed by atoms with van der Waals surface area (Å²) in [5.41, 5.74) is -0.249. The van der Waals surface area contributed by atoms with Gasteiger partial charge in [-0.05, 0) is 31.6 Å². The van der Waals surface area contributed by atoms with Crippen LogP contribution in [0.25, 0.3) is 0 Å². The normalized spacial score (nSPS) is 22.2. The van der Waals surface area contributed by atoms with E-state index < -0.39 is 16.8 Å². The third-order valence-electron chi connectivity index (χ3n) is 5.11. The van der Waals surface area contributed by atoms with Crippen LogP contribution in [0.4, 0.5) is 5.69 Å². The van der Waals surface area contributed by atoms with Crippen LogP contribution in [0.5, 0.6) is 0 Å². The summed E-state index contributed by atoms with van der Waals surface area (Å²) in [7, 11) is 1.51. The monoisotopic (exact) mass is 322 g/mol. The summed E-state index contributed by atoms with van der Waals surface area (Å²) < 4.78 is 1.25. The van der Waals surface area contributed by atoms with E-state index in [1.165, 1.54) is 18.7 Å². The van der Waals surface area contributed by atoms with Crippen molar-refractivity contribution in [2.45, 2.75) is 26.2 Å². The Balaban J connectivity index is 1.76. The van der Waals surface area contributed by atoms with Crippen LogP contribution in [0.3, 0.4) is 0 Å². The van der Waals surface area contributed by atoms with Gasteiger partial charge in [-0.25, -0.2) is 0 Å². The van der Waals surface area contributed by atoms with E-state index in [2.05, 4.69) is 5.10 Å². The Bertz CT molecular complexity index is 702. The summed E-state index contributed by atoms with van der Waals surface area (Å²) in [4.78, 5) is 35.9. The van der Waals surface area contributed by atoms with Crippen molar-refractivity contribution in [2.24, 2.45) is 18.4 Å². The van der Waals surface area contributed by atoms with Crippen molar-refractivity contribution in [3.8, 4) is 0 Å². The molecule has 0 bridgehead atoms. The molecule has 1 amide bonds. The lowest BCUT2D eigenvalue weighted by Crippen LogP contribution is -2.40. The maximum absolute atomic E-state index is 12.7. The third kappa shape index (κ3) is 2.36. The molecular weight excluding hydrogens is 304 g/mol. The van der Waals surface area contributed by atoms with Crippen molar-refractivity contribution >= 4 is 17.6 Å². The molecule has 1 aromatic heterocycles. The number of carboxylic acids is 1. The molecule has 1 saturated carbocycles. The van der Waals surface area contributed by atoms with Crippen LogP contribution in [-0.4, -0.2) is 49.7 Å². The number of piperidine rings is 1. The lowest BCUT2D eigenvalue weighted by Gasteiger charge is -2.32. The lowest BCUT2D eigenvalue weighted by atomic mass is 9.90. The van der Waals surface area contributed by atoms with Gasteiger partial charge in [0.2, 0.25) is 5.69 Å². The predicted octanol–water partition coefficient (Wildman–Crippen LogP) is 0.964. The first-order chi connectivity index (χ1) is 10.8. The van der Waals surface area contributed by atoms with E-state index in [0.29, 0.717) is 32.4 Å². The van der Waals surface area contributed by atoms with Crippen molar-refractivity contribution < 1.29 is 19.6 Å². The number of carbonyl (C=O) groups is 2. The van der Waals surface area contributed by atoms with Crippen molar-refractivity contribution in [3.05, 3.63) is 21.5 Å². The van der Waals surface area contributed by atoms with Crippen LogP contribution in [-0.2, 0) is 11.8 Å². The number of aryl methyl sites for hydroxylation is 2. The molecule has 2 aliphatic rings. The van der Waals surface area contributed by atoms with E-state index in [1.807, 2.05) is 0 Å². The van der Waals surface area contributed by atoms with Gasteiger partial charge in [0.25, 0.3) is 5.91 Å². The van der Waals surface area contributed by atoms with Crippen LogP contribution in [0, 0.1) is 28.4 Å². The Morgan fingerprint density at radius 2 is 2.00 bits per heavy atom. The van der Waals surface area contributed by atoms with E-state index in [-0.39, 0.29) is 28.4 Å². The van der Waals surface area contributed by atoms with Gasteiger partial charge >= 0.3 is 11.7 Å². The van der Waals surface area contributed by atoms with Gasteiger partial charge in [-0.3, -0.25) is 24.4 Å². The van der Waals surface area contributed by atoms with Crippen LogP contribution in [0.15, 0.2) is 0 Å². The van der Waals surface area contributed by atoms with E-state index in [4.69, 9.17) is 5.11 Å². The summed E-state index contributed by atoms with van der Waals surface area (Å²) in [6.07, 6.45) is 1.91. The molecule has 9 nitrogen and oxygen atoms in total. The van der Waals surface area contributed by atoms with Gasteiger partial charge in [-0.2, -0.15) is 5.10 Å². The smallest absolute Gasteiger partial charge is 0.322 e. The van der Waals surface area contributed by atoms with Gasteiger partial charge < -0.3 is 10.0 Å². The highest BCUT2D eigenvalue weighted by molar-refractivity contribution is 5.97. The molecule has 124 valence electrons. The molecule has 2 heterocycles. The molecule has 23 heavy (non-hydrogen) atoms. The van der Waals surface area contributed by atoms with E-state index >= 15 is 0 Å². The summed E-state index contributed by atoms with van der Waals surface area (Å²) in [5.74, 6) is -1.50. The molecule has 1 aliphatic heterocycles. The van der Waals surface area contributed by atoms with Gasteiger partial charge in [-0.15, -0.1) is 0 Å². The number of carboxylic acid groups (broad SMARTS) is 1. The molecular formula is C14H18N4O5. The standard InChI is InChI=1S/C14H18N4O5/c1-8-10(18(22)23)11(16(2)15-8)12(19)17-5-3-14(4-6-17)7-9(14)13(20)21/h9H,3-7H2,1-2H3,(H,20,21). The number of amides is 1. The average molecular weight is 322 g/mol. The summed E-state index contributed by atoms with van der Waals surface area (Å²) in [6, 6.07) is 0. The molecule has 1 spiro atoms. The zero-order chi connectivity index (χ0) is 16.9. The molecule has 1 aliphatic carbocycles. The first-order valence-electron chi connectivity index (χ1n) is 7.47. The Labute approximate surface area is 132 Å². The third-order valence-corrected chi connectivity index (χ3v) is 5.11. The molecule has 0 aromatic carbocycles. The number of hydrogen-bond acceptors (Lipinski definition) is 5. The fraction of sp³-hybridized carbons (Fsp3) is 0.643. The van der Waals surface area contributed by atoms with Crippen LogP contribution < -0.4 is 0 Å². The second kappa shape index (κ2) is 5.04. The second-order valence-electron chi connectivity index (χ2n) is 6.41. The Morgan fingerprint density at radius 3 is 2.48 bits per heavy atom. The van der Waals surface area contributed by atoms with Crippen LogP contribution in [0.1, 0.15) is 35.4 Å². The first kappa shape index (κ1) is 15.4. The fourth-order valence-electron chi connectivity index (χ4n) is 3.66. The average Bonchev–Trinajstić information content (AvgIpc) is 3.08. The largest absolute Gasteiger partial charge is 0.481 e. The highest BCUT2D eigenvalue weighted by Gasteiger charge is 2.59. The van der Waals surface area contributed by atoms with E-state index in [9.17, 15) is 19.7 Å². The minimum atomic E-state index is -0.775. The highest BCUT2D eigenvalue weighted by Crippen LogP contribution is 2.59. The van der Waals surface area contributed by atoms with Crippen LogP contribution >= 0.6 is 0 Å². The number of carbonyl (C=O) groups excluding carboxylic acids is 1. The molecule has 3 rings (SSSR count). The van der Waals surface area contributed by atoms with Gasteiger partial charge in [0.1, 0.15) is 5.69 Å². The zero-order valence-electron chi connectivity index (χ0n) is 13.0. The summed E-state index contributed by atoms with van der Waals surface area (Å²) >= 11 is 0. The number of nitro groups is 1. The number of hydrogen-bond donors (Lipinski definition) is 1. The summed E-state index contributed by atoms with van der Waals surface area (Å²) in [5, 5.41) is 24.3. The van der Waals surface area contributed by atoms with Gasteiger partial charge in [0.15, 0.2) is 0 Å². The second-order valence-corrected chi connectivity index (χ2v) is 6.41. The first-order valence-corrected chi connectivity index (χ1v) is 7.47. The molecule has 1 unspecified atom stereocenters. The number of likely N-dealkylation sites (tertiary alicyclic amines) is 1. The van der Waals surface area contributed by atoms with E-state index in [1.54, 1.807) is 4.90 Å². The molecule has 9 heteroatoms. The number of aliphatic carboxylic acids is 1. The van der Waals surface area contributed by atoms with E-state index in [0.717, 1.165) is 0 Å². The van der Waals surface area contributed by atoms with Crippen molar-refractivity contribution in [1.29, 1.82) is 0 Å². The molecule has 1 aromatic rings. The van der Waals surface area contributed by atoms with Crippen LogP contribution in [0.2, 0.25) is 0 Å². The van der Waals surface area contributed by atoms with Gasteiger partial charge in [-0.1, -0.05) is 0 Å². The maximum atomic E-state index is 12.7. The Morgan fingerprint density at radius 1 is 1.39 bits per heavy atom. The van der Waals surface area contributed by atoms with Crippen molar-refractivity contribution in [3.63, 3.8) is 0 Å². The predicted molar refractivity (Wildman–Crippen MR) is 77.9 cm³/mol. The lowest BCUT2D eigenvalue weighted by molar-refractivity contribution is -0.385. The van der Waals surface area contributed by atoms with Gasteiger partial charge in [0, 0.05) is 20.1 Å². The van der Waals surface area contributed by atoms with Gasteiger partial charge in [0.05, 0.1) is 10.8 Å². The molecule has 0 radical (unpaired) electrons. The number of aromatic nitrogens is 2. The minimum absolute atomic E-state index is 0.0194. The molecule has 1 N–H and O–H groups in total. The zero-order valence-corrected chi connectivity index (χ0v) is 13.0. The summed E-state index contributed by atoms with van der Waals surface area (Å²) in [6.45, 7) is 2.34. The molecule has 1 saturated heterocycles. The topological polar surface area (TPSA) is 119 Å². The highest BCUT2D eigenvalue weighted by atomic mass is 16.6. The Kier molecular flexibility index (Phi) is 3.38. The number of nitrogens with zero attached hydrogens (tertiary/aromatic N) is 4. The number of rotatable bonds is 3. The molecule has 2 fully saturated rings. The fourth-order valence-corrected chi connectivity index (χ4v) is 3.66. The van der Waals surface area contributed by atoms with Crippen molar-refractivity contribution in [1.82, 2.24) is 14.7 Å². The van der Waals surface area contributed by atoms with Crippen molar-refractivity contribution in [2.75, 3.05) is 13.1 Å². The SMILES string of the molecule is Cc1nn(C)c(C(=O)N2CCC3(CC2)CC3C(=O)O)c1[N+](=O)[O-]. The Hall–Kier alpha value is -2.45. The minimum Gasteiger partial charge on any atom is -0.481 e. The maximum Gasteiger partial charge on any atom is 0.322 e. The quantitative estimate of drug-likeness (QED) is 0.654.